The summed E-state index contributed by atoms with van der Waals surface area (Å²) >= 11 is 0. The zero-order valence-corrected chi connectivity index (χ0v) is 12.3. The van der Waals surface area contributed by atoms with E-state index < -0.39 is 11.9 Å². The second kappa shape index (κ2) is 6.81. The molecule has 6 heteroatoms. The van der Waals surface area contributed by atoms with Gasteiger partial charge in [-0.25, -0.2) is 4.68 Å². The van der Waals surface area contributed by atoms with E-state index in [2.05, 4.69) is 15.5 Å². The lowest BCUT2D eigenvalue weighted by atomic mass is 9.86. The van der Waals surface area contributed by atoms with Gasteiger partial charge in [0.1, 0.15) is 0 Å². The molecule has 1 aliphatic carbocycles. The summed E-state index contributed by atoms with van der Waals surface area (Å²) in [4.78, 5) is 11.1. The number of carboxylic acids is 1. The molecule has 112 valence electrons. The normalized spacial score (nSPS) is 19.7. The number of hydrogen-bond donors (Lipinski definition) is 1. The first-order valence-electron chi connectivity index (χ1n) is 7.59. The highest BCUT2D eigenvalue weighted by Gasteiger charge is 2.24. The van der Waals surface area contributed by atoms with Gasteiger partial charge in [-0.2, -0.15) is 0 Å². The van der Waals surface area contributed by atoms with Crippen LogP contribution in [0.3, 0.4) is 0 Å². The minimum Gasteiger partial charge on any atom is -0.481 e. The summed E-state index contributed by atoms with van der Waals surface area (Å²) in [5, 5.41) is 20.9. The fourth-order valence-electron chi connectivity index (χ4n) is 2.92. The molecule has 0 saturated heterocycles. The van der Waals surface area contributed by atoms with E-state index in [0.717, 1.165) is 24.6 Å². The Morgan fingerprint density at radius 1 is 1.35 bits per heavy atom. The third-order valence-corrected chi connectivity index (χ3v) is 4.56. The molecule has 0 spiro atoms. The number of nitrogens with zero attached hydrogens (tertiary/aromatic N) is 4. The highest BCUT2D eigenvalue weighted by atomic mass is 16.4. The first kappa shape index (κ1) is 14.9. The van der Waals surface area contributed by atoms with Crippen molar-refractivity contribution in [2.75, 3.05) is 0 Å². The molecule has 0 radical (unpaired) electrons. The summed E-state index contributed by atoms with van der Waals surface area (Å²) in [6.07, 6.45) is 8.60. The van der Waals surface area contributed by atoms with Gasteiger partial charge < -0.3 is 5.11 Å². The fraction of sp³-hybridized carbons (Fsp3) is 0.857. The first-order chi connectivity index (χ1) is 9.59. The predicted molar refractivity (Wildman–Crippen MR) is 74.2 cm³/mol. The number of aryl methyl sites for hydroxylation is 1. The van der Waals surface area contributed by atoms with Gasteiger partial charge in [-0.3, -0.25) is 4.79 Å². The van der Waals surface area contributed by atoms with Crippen molar-refractivity contribution < 1.29 is 9.90 Å². The summed E-state index contributed by atoms with van der Waals surface area (Å²) in [5.74, 6) is 0.287. The summed E-state index contributed by atoms with van der Waals surface area (Å²) in [5.41, 5.74) is 0. The predicted octanol–water partition coefficient (Wildman–Crippen LogP) is 2.47. The average Bonchev–Trinajstić information content (AvgIpc) is 2.93. The summed E-state index contributed by atoms with van der Waals surface area (Å²) in [6, 6.07) is -0.219. The number of carbonyl (C=O) groups is 1. The number of aromatic nitrogens is 4. The highest BCUT2D eigenvalue weighted by molar-refractivity contribution is 5.70. The van der Waals surface area contributed by atoms with Crippen molar-refractivity contribution in [1.29, 1.82) is 0 Å². The van der Waals surface area contributed by atoms with E-state index in [1.807, 2.05) is 6.92 Å². The molecule has 0 amide bonds. The molecule has 1 saturated carbocycles. The van der Waals surface area contributed by atoms with Crippen LogP contribution in [-0.2, 0) is 11.2 Å². The van der Waals surface area contributed by atoms with Gasteiger partial charge in [-0.1, -0.05) is 32.1 Å². The van der Waals surface area contributed by atoms with Crippen molar-refractivity contribution in [3.05, 3.63) is 5.82 Å². The van der Waals surface area contributed by atoms with E-state index in [9.17, 15) is 4.79 Å². The van der Waals surface area contributed by atoms with Crippen LogP contribution >= 0.6 is 0 Å². The van der Waals surface area contributed by atoms with Crippen LogP contribution in [0.1, 0.15) is 64.2 Å². The number of hydrogen-bond acceptors (Lipinski definition) is 4. The summed E-state index contributed by atoms with van der Waals surface area (Å²) < 4.78 is 1.68. The minimum atomic E-state index is -0.814. The third-order valence-electron chi connectivity index (χ3n) is 4.56. The Labute approximate surface area is 119 Å². The molecule has 1 N–H and O–H groups in total. The zero-order valence-electron chi connectivity index (χ0n) is 12.3. The van der Waals surface area contributed by atoms with E-state index in [1.54, 1.807) is 11.6 Å². The second-order valence-electron chi connectivity index (χ2n) is 5.95. The van der Waals surface area contributed by atoms with Gasteiger partial charge in [0.15, 0.2) is 5.82 Å². The Kier molecular flexibility index (Phi) is 5.09. The van der Waals surface area contributed by atoms with Crippen molar-refractivity contribution >= 4 is 5.97 Å². The van der Waals surface area contributed by atoms with Gasteiger partial charge in [-0.05, 0) is 36.6 Å². The van der Waals surface area contributed by atoms with Crippen molar-refractivity contribution in [1.82, 2.24) is 20.2 Å². The zero-order chi connectivity index (χ0) is 14.5. The smallest absolute Gasteiger partial charge is 0.308 e. The molecule has 1 aromatic heterocycles. The molecule has 0 aromatic carbocycles. The average molecular weight is 280 g/mol. The van der Waals surface area contributed by atoms with Crippen LogP contribution in [0.4, 0.5) is 0 Å². The van der Waals surface area contributed by atoms with Crippen molar-refractivity contribution in [3.8, 4) is 0 Å². The van der Waals surface area contributed by atoms with Crippen LogP contribution in [0.25, 0.3) is 0 Å². The van der Waals surface area contributed by atoms with Gasteiger partial charge in [0, 0.05) is 6.42 Å². The third kappa shape index (κ3) is 3.55. The molecule has 1 aliphatic rings. The molecule has 1 fully saturated rings. The SMILES string of the molecule is CC(C(=O)O)C(C)n1nnnc1CCC1CCCCC1. The van der Waals surface area contributed by atoms with Gasteiger partial charge in [0.05, 0.1) is 12.0 Å². The fourth-order valence-corrected chi connectivity index (χ4v) is 2.92. The quantitative estimate of drug-likeness (QED) is 0.865. The standard InChI is InChI=1S/C14H24N4O2/c1-10(14(19)20)11(2)18-13(15-16-17-18)9-8-12-6-4-3-5-7-12/h10-12H,3-9H2,1-2H3,(H,19,20). The van der Waals surface area contributed by atoms with Crippen LogP contribution in [-0.4, -0.2) is 31.3 Å². The number of tetrazole rings is 1. The van der Waals surface area contributed by atoms with E-state index in [-0.39, 0.29) is 6.04 Å². The van der Waals surface area contributed by atoms with Crippen LogP contribution in [0.15, 0.2) is 0 Å². The van der Waals surface area contributed by atoms with Crippen molar-refractivity contribution in [3.63, 3.8) is 0 Å². The van der Waals surface area contributed by atoms with Crippen LogP contribution < -0.4 is 0 Å². The molecule has 1 heterocycles. The Hall–Kier alpha value is -1.46. The molecule has 2 atom stereocenters. The lowest BCUT2D eigenvalue weighted by Gasteiger charge is -2.22. The Morgan fingerprint density at radius 3 is 2.70 bits per heavy atom. The molecule has 6 nitrogen and oxygen atoms in total. The summed E-state index contributed by atoms with van der Waals surface area (Å²) in [7, 11) is 0. The van der Waals surface area contributed by atoms with Gasteiger partial charge >= 0.3 is 5.97 Å². The van der Waals surface area contributed by atoms with Gasteiger partial charge in [0.25, 0.3) is 0 Å². The maximum absolute atomic E-state index is 11.1. The monoisotopic (exact) mass is 280 g/mol. The van der Waals surface area contributed by atoms with Gasteiger partial charge in [0.2, 0.25) is 0 Å². The van der Waals surface area contributed by atoms with E-state index >= 15 is 0 Å². The molecule has 2 rings (SSSR count). The van der Waals surface area contributed by atoms with E-state index in [4.69, 9.17) is 5.11 Å². The van der Waals surface area contributed by atoms with Crippen LogP contribution in [0, 0.1) is 11.8 Å². The Balaban J connectivity index is 1.95. The lowest BCUT2D eigenvalue weighted by molar-refractivity contribution is -0.142. The first-order valence-corrected chi connectivity index (χ1v) is 7.59. The number of aliphatic carboxylic acids is 1. The largest absolute Gasteiger partial charge is 0.481 e. The molecule has 0 aliphatic heterocycles. The number of carboxylic acid groups (broad SMARTS) is 1. The topological polar surface area (TPSA) is 80.9 Å². The van der Waals surface area contributed by atoms with Crippen LogP contribution in [0.2, 0.25) is 0 Å². The van der Waals surface area contributed by atoms with Crippen molar-refractivity contribution in [2.24, 2.45) is 11.8 Å². The van der Waals surface area contributed by atoms with E-state index in [1.165, 1.54) is 32.1 Å². The highest BCUT2D eigenvalue weighted by Crippen LogP contribution is 2.27. The molecule has 0 bridgehead atoms. The lowest BCUT2D eigenvalue weighted by Crippen LogP contribution is -2.24. The molecule has 2 unspecified atom stereocenters. The maximum Gasteiger partial charge on any atom is 0.308 e. The maximum atomic E-state index is 11.1. The van der Waals surface area contributed by atoms with Gasteiger partial charge in [-0.15, -0.1) is 5.10 Å². The molecular weight excluding hydrogens is 256 g/mol. The Bertz CT molecular complexity index is 440. The van der Waals surface area contributed by atoms with Crippen molar-refractivity contribution in [2.45, 2.75) is 64.8 Å². The van der Waals surface area contributed by atoms with Crippen LogP contribution in [0.5, 0.6) is 0 Å². The van der Waals surface area contributed by atoms with E-state index in [0.29, 0.717) is 0 Å². The second-order valence-corrected chi connectivity index (χ2v) is 5.95. The Morgan fingerprint density at radius 2 is 2.05 bits per heavy atom. The molecular formula is C14H24N4O2. The minimum absolute atomic E-state index is 0.219. The molecule has 20 heavy (non-hydrogen) atoms. The molecule has 1 aromatic rings. The summed E-state index contributed by atoms with van der Waals surface area (Å²) in [6.45, 7) is 3.55. The number of rotatable bonds is 6.